The fourth-order valence-corrected chi connectivity index (χ4v) is 3.64. The number of esters is 1. The first kappa shape index (κ1) is 16.3. The largest absolute Gasteiger partial charge is 0.469 e. The van der Waals surface area contributed by atoms with Gasteiger partial charge in [-0.1, -0.05) is 20.8 Å². The van der Waals surface area contributed by atoms with Gasteiger partial charge in [0, 0.05) is 18.8 Å². The molecule has 5 atom stereocenters. The van der Waals surface area contributed by atoms with Gasteiger partial charge in [0.15, 0.2) is 0 Å². The number of carbonyl (C=O) groups excluding carboxylic acids is 1. The van der Waals surface area contributed by atoms with Gasteiger partial charge in [0.1, 0.15) is 0 Å². The van der Waals surface area contributed by atoms with E-state index in [-0.39, 0.29) is 18.0 Å². The molecule has 4 heteroatoms. The fraction of sp³-hybridized carbons (Fsp3) is 0.824. The number of hydrogen-bond donors (Lipinski definition) is 0. The van der Waals surface area contributed by atoms with Gasteiger partial charge < -0.3 is 14.2 Å². The molecule has 21 heavy (non-hydrogen) atoms. The van der Waals surface area contributed by atoms with Crippen LogP contribution >= 0.6 is 0 Å². The summed E-state index contributed by atoms with van der Waals surface area (Å²) in [7, 11) is 1.43. The Bertz CT molecular complexity index is 417. The summed E-state index contributed by atoms with van der Waals surface area (Å²) >= 11 is 0. The van der Waals surface area contributed by atoms with Crippen molar-refractivity contribution < 1.29 is 19.0 Å². The zero-order chi connectivity index (χ0) is 15.6. The Morgan fingerprint density at radius 1 is 1.52 bits per heavy atom. The van der Waals surface area contributed by atoms with E-state index in [1.165, 1.54) is 7.11 Å². The van der Waals surface area contributed by atoms with Crippen molar-refractivity contribution in [3.63, 3.8) is 0 Å². The Hall–Kier alpha value is -1.03. The third-order valence-corrected chi connectivity index (χ3v) is 4.96. The van der Waals surface area contributed by atoms with E-state index in [2.05, 4.69) is 26.8 Å². The first-order valence-electron chi connectivity index (χ1n) is 8.07. The fourth-order valence-electron chi connectivity index (χ4n) is 3.64. The monoisotopic (exact) mass is 296 g/mol. The molecule has 1 spiro atoms. The van der Waals surface area contributed by atoms with Crippen LogP contribution in [0.3, 0.4) is 0 Å². The Kier molecular flexibility index (Phi) is 4.97. The smallest absolute Gasteiger partial charge is 0.311 e. The third-order valence-electron chi connectivity index (χ3n) is 4.96. The minimum atomic E-state index is -0.570. The average molecular weight is 296 g/mol. The lowest BCUT2D eigenvalue weighted by Gasteiger charge is -2.50. The molecule has 0 saturated carbocycles. The summed E-state index contributed by atoms with van der Waals surface area (Å²) in [6, 6.07) is 0. The topological polar surface area (TPSA) is 44.8 Å². The van der Waals surface area contributed by atoms with Gasteiger partial charge in [-0.2, -0.15) is 0 Å². The predicted molar refractivity (Wildman–Crippen MR) is 80.4 cm³/mol. The maximum absolute atomic E-state index is 11.9. The molecule has 1 fully saturated rings. The first-order chi connectivity index (χ1) is 9.93. The van der Waals surface area contributed by atoms with Crippen molar-refractivity contribution in [2.75, 3.05) is 7.11 Å². The number of ether oxygens (including phenoxy) is 3. The standard InChI is InChI=1S/C17H28O4/c1-6-14-8-7-9-17(20-14)12(3)10-11(2)15(21-17)13(4)16(18)19-5/h8,11-13,15H,6-7,9-10H2,1-5H3/t11-,12-,13+,15-,17+/m0/s1. The molecule has 0 N–H and O–H groups in total. The van der Waals surface area contributed by atoms with Crippen LogP contribution in [0.15, 0.2) is 11.8 Å². The second kappa shape index (κ2) is 6.39. The number of carbonyl (C=O) groups is 1. The van der Waals surface area contributed by atoms with Crippen molar-refractivity contribution in [3.05, 3.63) is 11.8 Å². The van der Waals surface area contributed by atoms with Crippen LogP contribution < -0.4 is 0 Å². The van der Waals surface area contributed by atoms with Gasteiger partial charge in [-0.05, 0) is 31.8 Å². The van der Waals surface area contributed by atoms with Crippen molar-refractivity contribution in [3.8, 4) is 0 Å². The SMILES string of the molecule is CCC1=CCC[C@@]2(O1)O[C@H]([C@@H](C)C(=O)OC)[C@@H](C)C[C@@H]2C. The Balaban J connectivity index is 2.20. The summed E-state index contributed by atoms with van der Waals surface area (Å²) in [6.07, 6.45) is 5.71. The average Bonchev–Trinajstić information content (AvgIpc) is 2.50. The van der Waals surface area contributed by atoms with Gasteiger partial charge in [-0.25, -0.2) is 0 Å². The highest BCUT2D eigenvalue weighted by Crippen LogP contribution is 2.46. The van der Waals surface area contributed by atoms with Crippen LogP contribution in [-0.2, 0) is 19.0 Å². The van der Waals surface area contributed by atoms with Crippen LogP contribution in [0.4, 0.5) is 0 Å². The van der Waals surface area contributed by atoms with Crippen molar-refractivity contribution in [1.82, 2.24) is 0 Å². The van der Waals surface area contributed by atoms with Crippen LogP contribution in [0.5, 0.6) is 0 Å². The molecule has 0 aliphatic carbocycles. The normalized spacial score (nSPS) is 37.6. The maximum Gasteiger partial charge on any atom is 0.311 e. The lowest BCUT2D eigenvalue weighted by Crippen LogP contribution is -2.54. The Morgan fingerprint density at radius 2 is 2.24 bits per heavy atom. The minimum Gasteiger partial charge on any atom is -0.469 e. The molecule has 120 valence electrons. The van der Waals surface area contributed by atoms with E-state index in [1.54, 1.807) is 0 Å². The number of methoxy groups -OCH3 is 1. The molecular weight excluding hydrogens is 268 g/mol. The highest BCUT2D eigenvalue weighted by Gasteiger charge is 2.50. The molecule has 0 aromatic heterocycles. The van der Waals surface area contributed by atoms with E-state index in [0.29, 0.717) is 11.8 Å². The van der Waals surface area contributed by atoms with Crippen LogP contribution in [0.1, 0.15) is 53.4 Å². The van der Waals surface area contributed by atoms with Gasteiger partial charge >= 0.3 is 5.97 Å². The number of allylic oxidation sites excluding steroid dienone is 2. The maximum atomic E-state index is 11.9. The van der Waals surface area contributed by atoms with Crippen LogP contribution in [-0.4, -0.2) is 25.0 Å². The summed E-state index contributed by atoms with van der Waals surface area (Å²) < 4.78 is 17.5. The van der Waals surface area contributed by atoms with Crippen molar-refractivity contribution in [2.45, 2.75) is 65.3 Å². The molecule has 2 rings (SSSR count). The van der Waals surface area contributed by atoms with E-state index in [9.17, 15) is 4.79 Å². The van der Waals surface area contributed by atoms with Crippen molar-refractivity contribution >= 4 is 5.97 Å². The molecule has 0 unspecified atom stereocenters. The van der Waals surface area contributed by atoms with Crippen molar-refractivity contribution in [2.24, 2.45) is 17.8 Å². The molecule has 0 aromatic rings. The molecule has 0 bridgehead atoms. The summed E-state index contributed by atoms with van der Waals surface area (Å²) in [4.78, 5) is 11.9. The van der Waals surface area contributed by atoms with Crippen LogP contribution in [0.25, 0.3) is 0 Å². The molecular formula is C17H28O4. The zero-order valence-electron chi connectivity index (χ0n) is 13.8. The summed E-state index contributed by atoms with van der Waals surface area (Å²) in [5.41, 5.74) is 0. The van der Waals surface area contributed by atoms with Gasteiger partial charge in [-0.3, -0.25) is 4.79 Å². The van der Waals surface area contributed by atoms with Gasteiger partial charge in [0.25, 0.3) is 0 Å². The number of rotatable bonds is 3. The highest BCUT2D eigenvalue weighted by atomic mass is 16.7. The van der Waals surface area contributed by atoms with Gasteiger partial charge in [0.05, 0.1) is 24.9 Å². The summed E-state index contributed by atoms with van der Waals surface area (Å²) in [6.45, 7) is 8.31. The minimum absolute atomic E-state index is 0.148. The molecule has 0 aromatic carbocycles. The van der Waals surface area contributed by atoms with E-state index < -0.39 is 5.79 Å². The van der Waals surface area contributed by atoms with Gasteiger partial charge in [-0.15, -0.1) is 0 Å². The van der Waals surface area contributed by atoms with E-state index in [4.69, 9.17) is 14.2 Å². The molecule has 4 nitrogen and oxygen atoms in total. The first-order valence-corrected chi connectivity index (χ1v) is 8.07. The van der Waals surface area contributed by atoms with E-state index in [0.717, 1.165) is 31.4 Å². The molecule has 1 saturated heterocycles. The second-order valence-corrected chi connectivity index (χ2v) is 6.48. The third kappa shape index (κ3) is 3.10. The molecule has 2 aliphatic heterocycles. The lowest BCUT2D eigenvalue weighted by molar-refractivity contribution is -0.313. The Morgan fingerprint density at radius 3 is 2.86 bits per heavy atom. The lowest BCUT2D eigenvalue weighted by atomic mass is 9.78. The van der Waals surface area contributed by atoms with E-state index >= 15 is 0 Å². The molecule has 0 radical (unpaired) electrons. The summed E-state index contributed by atoms with van der Waals surface area (Å²) in [5, 5.41) is 0. The zero-order valence-corrected chi connectivity index (χ0v) is 13.8. The van der Waals surface area contributed by atoms with Gasteiger partial charge in [0.2, 0.25) is 5.79 Å². The van der Waals surface area contributed by atoms with Crippen LogP contribution in [0.2, 0.25) is 0 Å². The Labute approximate surface area is 127 Å². The number of hydrogen-bond acceptors (Lipinski definition) is 4. The molecule has 2 aliphatic rings. The summed E-state index contributed by atoms with van der Waals surface area (Å²) in [5.74, 6) is 0.599. The quantitative estimate of drug-likeness (QED) is 0.746. The highest BCUT2D eigenvalue weighted by molar-refractivity contribution is 5.72. The predicted octanol–water partition coefficient (Wildman–Crippen LogP) is 3.66. The molecule has 2 heterocycles. The van der Waals surface area contributed by atoms with E-state index in [1.807, 2.05) is 6.92 Å². The second-order valence-electron chi connectivity index (χ2n) is 6.48. The van der Waals surface area contributed by atoms with Crippen molar-refractivity contribution in [1.29, 1.82) is 0 Å². The van der Waals surface area contributed by atoms with Crippen LogP contribution in [0, 0.1) is 17.8 Å². The molecule has 0 amide bonds.